The topological polar surface area (TPSA) is 29.9 Å². The van der Waals surface area contributed by atoms with E-state index < -0.39 is 0 Å². The summed E-state index contributed by atoms with van der Waals surface area (Å²) in [5.74, 6) is 0.876. The van der Waals surface area contributed by atoms with Gasteiger partial charge in [-0.2, -0.15) is 5.10 Å². The van der Waals surface area contributed by atoms with Gasteiger partial charge in [-0.3, -0.25) is 4.68 Å². The average molecular weight is 235 g/mol. The first-order valence-electron chi connectivity index (χ1n) is 6.93. The quantitative estimate of drug-likeness (QED) is 0.869. The summed E-state index contributed by atoms with van der Waals surface area (Å²) >= 11 is 0. The summed E-state index contributed by atoms with van der Waals surface area (Å²) in [5.41, 5.74) is 2.62. The summed E-state index contributed by atoms with van der Waals surface area (Å²) in [5, 5.41) is 8.04. The molecule has 17 heavy (non-hydrogen) atoms. The Morgan fingerprint density at radius 3 is 2.82 bits per heavy atom. The van der Waals surface area contributed by atoms with Crippen molar-refractivity contribution in [2.75, 3.05) is 0 Å². The monoisotopic (exact) mass is 235 g/mol. The Balaban J connectivity index is 1.90. The molecule has 3 heteroatoms. The molecular weight excluding hydrogens is 210 g/mol. The Morgan fingerprint density at radius 2 is 2.18 bits per heavy atom. The van der Waals surface area contributed by atoms with Crippen LogP contribution in [0.25, 0.3) is 0 Å². The second-order valence-electron chi connectivity index (χ2n) is 5.32. The van der Waals surface area contributed by atoms with Gasteiger partial charge in [0.1, 0.15) is 0 Å². The SMILES string of the molecule is CCC1CCCCC1NCc1cnn(C)c1C. The number of nitrogens with one attached hydrogen (secondary N) is 1. The van der Waals surface area contributed by atoms with Gasteiger partial charge in [0.15, 0.2) is 0 Å². The molecule has 1 fully saturated rings. The molecule has 2 unspecified atom stereocenters. The fraction of sp³-hybridized carbons (Fsp3) is 0.786. The first-order chi connectivity index (χ1) is 8.22. The molecule has 0 aromatic carbocycles. The number of hydrogen-bond donors (Lipinski definition) is 1. The molecule has 1 aliphatic carbocycles. The molecule has 0 aliphatic heterocycles. The maximum absolute atomic E-state index is 4.30. The predicted octanol–water partition coefficient (Wildman–Crippen LogP) is 2.79. The summed E-state index contributed by atoms with van der Waals surface area (Å²) in [7, 11) is 2.01. The highest BCUT2D eigenvalue weighted by molar-refractivity contribution is 5.15. The van der Waals surface area contributed by atoms with E-state index in [9.17, 15) is 0 Å². The molecule has 2 rings (SSSR count). The molecule has 3 nitrogen and oxygen atoms in total. The van der Waals surface area contributed by atoms with Crippen LogP contribution in [0.3, 0.4) is 0 Å². The Hall–Kier alpha value is -0.830. The van der Waals surface area contributed by atoms with Crippen molar-refractivity contribution >= 4 is 0 Å². The normalized spacial score (nSPS) is 25.1. The zero-order chi connectivity index (χ0) is 12.3. The minimum absolute atomic E-state index is 0.716. The maximum atomic E-state index is 4.30. The van der Waals surface area contributed by atoms with E-state index in [1.807, 2.05) is 17.9 Å². The highest BCUT2D eigenvalue weighted by Crippen LogP contribution is 2.27. The van der Waals surface area contributed by atoms with Crippen LogP contribution in [0.5, 0.6) is 0 Å². The third kappa shape index (κ3) is 2.89. The lowest BCUT2D eigenvalue weighted by atomic mass is 9.83. The second kappa shape index (κ2) is 5.67. The van der Waals surface area contributed by atoms with Crippen molar-refractivity contribution in [1.29, 1.82) is 0 Å². The van der Waals surface area contributed by atoms with Gasteiger partial charge in [0.05, 0.1) is 6.20 Å². The fourth-order valence-electron chi connectivity index (χ4n) is 2.92. The van der Waals surface area contributed by atoms with E-state index in [2.05, 4.69) is 24.3 Å². The number of nitrogens with zero attached hydrogens (tertiary/aromatic N) is 2. The molecule has 1 aromatic heterocycles. The van der Waals surface area contributed by atoms with Crippen molar-refractivity contribution in [1.82, 2.24) is 15.1 Å². The van der Waals surface area contributed by atoms with Gasteiger partial charge in [-0.25, -0.2) is 0 Å². The van der Waals surface area contributed by atoms with Crippen molar-refractivity contribution < 1.29 is 0 Å². The van der Waals surface area contributed by atoms with Gasteiger partial charge in [0, 0.05) is 30.9 Å². The second-order valence-corrected chi connectivity index (χ2v) is 5.32. The molecular formula is C14H25N3. The Morgan fingerprint density at radius 1 is 1.41 bits per heavy atom. The lowest BCUT2D eigenvalue weighted by molar-refractivity contribution is 0.254. The Kier molecular flexibility index (Phi) is 4.21. The molecule has 1 aromatic rings. The minimum Gasteiger partial charge on any atom is -0.310 e. The minimum atomic E-state index is 0.716. The first-order valence-corrected chi connectivity index (χ1v) is 6.93. The standard InChI is InChI=1S/C14H25N3/c1-4-12-7-5-6-8-14(12)15-9-13-10-16-17(3)11(13)2/h10,12,14-15H,4-9H2,1-3H3. The highest BCUT2D eigenvalue weighted by Gasteiger charge is 2.23. The third-order valence-corrected chi connectivity index (χ3v) is 4.33. The number of hydrogen-bond acceptors (Lipinski definition) is 2. The molecule has 2 atom stereocenters. The summed E-state index contributed by atoms with van der Waals surface area (Å²) in [6.07, 6.45) is 8.86. The lowest BCUT2D eigenvalue weighted by Crippen LogP contribution is -2.37. The molecule has 1 N–H and O–H groups in total. The first kappa shape index (κ1) is 12.6. The van der Waals surface area contributed by atoms with E-state index in [0.29, 0.717) is 6.04 Å². The van der Waals surface area contributed by atoms with E-state index in [1.54, 1.807) is 0 Å². The van der Waals surface area contributed by atoms with Gasteiger partial charge in [-0.1, -0.05) is 26.2 Å². The Labute approximate surface area is 105 Å². The maximum Gasteiger partial charge on any atom is 0.0537 e. The number of aromatic nitrogens is 2. The van der Waals surface area contributed by atoms with Crippen LogP contribution in [-0.2, 0) is 13.6 Å². The molecule has 1 heterocycles. The molecule has 0 radical (unpaired) electrons. The van der Waals surface area contributed by atoms with Crippen LogP contribution >= 0.6 is 0 Å². The summed E-state index contributed by atoms with van der Waals surface area (Å²) in [6.45, 7) is 5.43. The molecule has 0 saturated heterocycles. The van der Waals surface area contributed by atoms with E-state index >= 15 is 0 Å². The predicted molar refractivity (Wildman–Crippen MR) is 70.8 cm³/mol. The van der Waals surface area contributed by atoms with Gasteiger partial charge in [-0.05, 0) is 25.7 Å². The zero-order valence-electron chi connectivity index (χ0n) is 11.4. The van der Waals surface area contributed by atoms with Crippen LogP contribution in [0.1, 0.15) is 50.3 Å². The molecule has 96 valence electrons. The van der Waals surface area contributed by atoms with Crippen molar-refractivity contribution in [3.8, 4) is 0 Å². The van der Waals surface area contributed by atoms with Gasteiger partial charge in [-0.15, -0.1) is 0 Å². The molecule has 1 aliphatic rings. The van der Waals surface area contributed by atoms with Crippen molar-refractivity contribution in [2.45, 2.75) is 58.5 Å². The van der Waals surface area contributed by atoms with Gasteiger partial charge >= 0.3 is 0 Å². The van der Waals surface area contributed by atoms with Crippen LogP contribution < -0.4 is 5.32 Å². The van der Waals surface area contributed by atoms with E-state index in [0.717, 1.165) is 12.5 Å². The van der Waals surface area contributed by atoms with E-state index in [4.69, 9.17) is 0 Å². The molecule has 1 saturated carbocycles. The molecule has 0 amide bonds. The van der Waals surface area contributed by atoms with Gasteiger partial charge in [0.2, 0.25) is 0 Å². The average Bonchev–Trinajstić information content (AvgIpc) is 2.68. The summed E-state index contributed by atoms with van der Waals surface area (Å²) < 4.78 is 1.95. The molecule has 0 spiro atoms. The van der Waals surface area contributed by atoms with E-state index in [-0.39, 0.29) is 0 Å². The zero-order valence-corrected chi connectivity index (χ0v) is 11.4. The van der Waals surface area contributed by atoms with Crippen molar-refractivity contribution in [3.05, 3.63) is 17.5 Å². The molecule has 0 bridgehead atoms. The fourth-order valence-corrected chi connectivity index (χ4v) is 2.92. The smallest absolute Gasteiger partial charge is 0.0537 e. The Bertz CT molecular complexity index is 356. The van der Waals surface area contributed by atoms with Crippen LogP contribution in [-0.4, -0.2) is 15.8 Å². The van der Waals surface area contributed by atoms with E-state index in [1.165, 1.54) is 43.4 Å². The highest BCUT2D eigenvalue weighted by atomic mass is 15.3. The van der Waals surface area contributed by atoms with Gasteiger partial charge in [0.25, 0.3) is 0 Å². The summed E-state index contributed by atoms with van der Waals surface area (Å²) in [4.78, 5) is 0. The van der Waals surface area contributed by atoms with Crippen molar-refractivity contribution in [3.63, 3.8) is 0 Å². The van der Waals surface area contributed by atoms with Crippen LogP contribution in [0, 0.1) is 12.8 Å². The van der Waals surface area contributed by atoms with Crippen LogP contribution in [0.2, 0.25) is 0 Å². The van der Waals surface area contributed by atoms with Crippen molar-refractivity contribution in [2.24, 2.45) is 13.0 Å². The number of rotatable bonds is 4. The van der Waals surface area contributed by atoms with Gasteiger partial charge < -0.3 is 5.32 Å². The summed E-state index contributed by atoms with van der Waals surface area (Å²) in [6, 6.07) is 0.716. The third-order valence-electron chi connectivity index (χ3n) is 4.33. The lowest BCUT2D eigenvalue weighted by Gasteiger charge is -2.31. The van der Waals surface area contributed by atoms with Crippen LogP contribution in [0.4, 0.5) is 0 Å². The van der Waals surface area contributed by atoms with Crippen LogP contribution in [0.15, 0.2) is 6.20 Å². The number of aryl methyl sites for hydroxylation is 1. The largest absolute Gasteiger partial charge is 0.310 e.